The zero-order valence-electron chi connectivity index (χ0n) is 11.0. The number of fused-ring (bicyclic) bond motifs is 1. The lowest BCUT2D eigenvalue weighted by atomic mass is 10.1. The van der Waals surface area contributed by atoms with Crippen molar-refractivity contribution in [1.29, 1.82) is 0 Å². The number of nitrogens with two attached hydrogens (primary N) is 1. The number of nitrogens with zero attached hydrogens (tertiary/aromatic N) is 2. The number of imidazole rings is 1. The van der Waals surface area contributed by atoms with E-state index in [0.29, 0.717) is 28.3 Å². The van der Waals surface area contributed by atoms with E-state index >= 15 is 0 Å². The molecule has 2 aromatic carbocycles. The van der Waals surface area contributed by atoms with Gasteiger partial charge in [-0.1, -0.05) is 6.07 Å². The molecular weight excluding hydrogens is 257 g/mol. The maximum atomic E-state index is 13.8. The van der Waals surface area contributed by atoms with Crippen molar-refractivity contribution in [2.24, 2.45) is 0 Å². The molecule has 0 amide bonds. The minimum atomic E-state index is -0.288. The molecule has 3 N–H and O–H groups in total. The first-order valence-electron chi connectivity index (χ1n) is 6.25. The Kier molecular flexibility index (Phi) is 2.91. The number of nitrogen functional groups attached to an aromatic ring is 1. The summed E-state index contributed by atoms with van der Waals surface area (Å²) >= 11 is 0. The number of hydrogen-bond acceptors (Lipinski definition) is 3. The van der Waals surface area contributed by atoms with Gasteiger partial charge in [0, 0.05) is 11.3 Å². The molecule has 3 aromatic rings. The molecule has 0 aliphatic carbocycles. The Hall–Kier alpha value is -2.40. The number of rotatable bonds is 2. The molecule has 1 heterocycles. The summed E-state index contributed by atoms with van der Waals surface area (Å²) in [6.45, 7) is 1.47. The second kappa shape index (κ2) is 4.61. The van der Waals surface area contributed by atoms with Gasteiger partial charge in [-0.25, -0.2) is 9.37 Å². The summed E-state index contributed by atoms with van der Waals surface area (Å²) in [5.74, 6) is 0.169. The SMILES string of the molecule is Cc1c(F)cccc1-n1c(CO)nc2cc(N)ccc21. The number of aliphatic hydroxyl groups is 1. The predicted molar refractivity (Wildman–Crippen MR) is 76.1 cm³/mol. The molecular formula is C15H14FN3O. The average molecular weight is 271 g/mol. The predicted octanol–water partition coefficient (Wildman–Crippen LogP) is 2.55. The highest BCUT2D eigenvalue weighted by Crippen LogP contribution is 2.26. The van der Waals surface area contributed by atoms with Crippen molar-refractivity contribution >= 4 is 16.7 Å². The van der Waals surface area contributed by atoms with Crippen molar-refractivity contribution in [1.82, 2.24) is 9.55 Å². The summed E-state index contributed by atoms with van der Waals surface area (Å²) in [6.07, 6.45) is 0. The number of halogens is 1. The van der Waals surface area contributed by atoms with E-state index in [9.17, 15) is 9.50 Å². The first kappa shape index (κ1) is 12.6. The van der Waals surface area contributed by atoms with Crippen LogP contribution in [0.2, 0.25) is 0 Å². The van der Waals surface area contributed by atoms with Gasteiger partial charge in [-0.05, 0) is 37.3 Å². The molecule has 5 heteroatoms. The fraction of sp³-hybridized carbons (Fsp3) is 0.133. The Morgan fingerprint density at radius 3 is 2.85 bits per heavy atom. The standard InChI is InChI=1S/C15H14FN3O/c1-9-11(16)3-2-4-13(9)19-14-6-5-10(17)7-12(14)18-15(19)8-20/h2-7,20H,8,17H2,1H3. The van der Waals surface area contributed by atoms with E-state index < -0.39 is 0 Å². The van der Waals surface area contributed by atoms with Crippen LogP contribution in [0.3, 0.4) is 0 Å². The van der Waals surface area contributed by atoms with Crippen LogP contribution >= 0.6 is 0 Å². The molecule has 0 bridgehead atoms. The molecule has 0 unspecified atom stereocenters. The summed E-state index contributed by atoms with van der Waals surface area (Å²) in [4.78, 5) is 4.35. The minimum absolute atomic E-state index is 0.232. The summed E-state index contributed by atoms with van der Waals surface area (Å²) in [5, 5.41) is 9.50. The molecule has 1 aromatic heterocycles. The second-order valence-electron chi connectivity index (χ2n) is 4.65. The van der Waals surface area contributed by atoms with E-state index in [1.807, 2.05) is 6.07 Å². The molecule has 0 radical (unpaired) electrons. The lowest BCUT2D eigenvalue weighted by Gasteiger charge is -2.11. The van der Waals surface area contributed by atoms with Gasteiger partial charge in [-0.15, -0.1) is 0 Å². The zero-order valence-corrected chi connectivity index (χ0v) is 11.0. The summed E-state index contributed by atoms with van der Waals surface area (Å²) in [6, 6.07) is 10.2. The monoisotopic (exact) mass is 271 g/mol. The van der Waals surface area contributed by atoms with Crippen LogP contribution in [0.25, 0.3) is 16.7 Å². The third-order valence-electron chi connectivity index (χ3n) is 3.37. The molecule has 0 spiro atoms. The van der Waals surface area contributed by atoms with Crippen molar-refractivity contribution in [3.05, 3.63) is 53.6 Å². The van der Waals surface area contributed by atoms with Crippen LogP contribution in [0.15, 0.2) is 36.4 Å². The van der Waals surface area contributed by atoms with Gasteiger partial charge in [0.2, 0.25) is 0 Å². The van der Waals surface area contributed by atoms with Crippen LogP contribution < -0.4 is 5.73 Å². The van der Waals surface area contributed by atoms with Crippen LogP contribution in [-0.2, 0) is 6.61 Å². The van der Waals surface area contributed by atoms with Crippen LogP contribution in [-0.4, -0.2) is 14.7 Å². The zero-order chi connectivity index (χ0) is 14.3. The normalized spacial score (nSPS) is 11.2. The number of benzene rings is 2. The van der Waals surface area contributed by atoms with Gasteiger partial charge in [0.15, 0.2) is 0 Å². The van der Waals surface area contributed by atoms with Crippen LogP contribution in [0.5, 0.6) is 0 Å². The van der Waals surface area contributed by atoms with E-state index in [1.54, 1.807) is 35.8 Å². The highest BCUT2D eigenvalue weighted by atomic mass is 19.1. The van der Waals surface area contributed by atoms with Crippen LogP contribution in [0, 0.1) is 12.7 Å². The average Bonchev–Trinajstić information content (AvgIpc) is 2.79. The first-order chi connectivity index (χ1) is 9.61. The number of aliphatic hydroxyl groups excluding tert-OH is 1. The first-order valence-corrected chi connectivity index (χ1v) is 6.25. The Bertz CT molecular complexity index is 795. The van der Waals surface area contributed by atoms with Gasteiger partial charge in [-0.2, -0.15) is 0 Å². The van der Waals surface area contributed by atoms with Gasteiger partial charge in [0.25, 0.3) is 0 Å². The molecule has 102 valence electrons. The number of hydrogen-bond donors (Lipinski definition) is 2. The highest BCUT2D eigenvalue weighted by molar-refractivity contribution is 5.81. The number of aromatic nitrogens is 2. The van der Waals surface area contributed by atoms with Gasteiger partial charge < -0.3 is 10.8 Å². The van der Waals surface area contributed by atoms with Crippen molar-refractivity contribution in [2.75, 3.05) is 5.73 Å². The Morgan fingerprint density at radius 2 is 2.10 bits per heavy atom. The molecule has 0 saturated carbocycles. The molecule has 0 aliphatic rings. The van der Waals surface area contributed by atoms with Gasteiger partial charge in [0.05, 0.1) is 16.7 Å². The van der Waals surface area contributed by atoms with Crippen molar-refractivity contribution in [2.45, 2.75) is 13.5 Å². The Labute approximate surface area is 115 Å². The highest BCUT2D eigenvalue weighted by Gasteiger charge is 2.14. The van der Waals surface area contributed by atoms with E-state index in [2.05, 4.69) is 4.98 Å². The summed E-state index contributed by atoms with van der Waals surface area (Å²) in [7, 11) is 0. The Morgan fingerprint density at radius 1 is 1.30 bits per heavy atom. The quantitative estimate of drug-likeness (QED) is 0.704. The minimum Gasteiger partial charge on any atom is -0.399 e. The molecule has 3 rings (SSSR count). The van der Waals surface area contributed by atoms with Gasteiger partial charge >= 0.3 is 0 Å². The van der Waals surface area contributed by atoms with Crippen LogP contribution in [0.4, 0.5) is 10.1 Å². The largest absolute Gasteiger partial charge is 0.399 e. The van der Waals surface area contributed by atoms with E-state index in [4.69, 9.17) is 5.73 Å². The smallest absolute Gasteiger partial charge is 0.140 e. The molecule has 4 nitrogen and oxygen atoms in total. The molecule has 0 atom stereocenters. The molecule has 20 heavy (non-hydrogen) atoms. The maximum absolute atomic E-state index is 13.8. The Balaban J connectivity index is 2.37. The van der Waals surface area contributed by atoms with E-state index in [-0.39, 0.29) is 12.4 Å². The maximum Gasteiger partial charge on any atom is 0.140 e. The summed E-state index contributed by atoms with van der Waals surface area (Å²) in [5.41, 5.74) is 8.99. The third kappa shape index (κ3) is 1.83. The fourth-order valence-electron chi connectivity index (χ4n) is 2.36. The van der Waals surface area contributed by atoms with Crippen molar-refractivity contribution in [3.63, 3.8) is 0 Å². The lowest BCUT2D eigenvalue weighted by molar-refractivity contribution is 0.270. The van der Waals surface area contributed by atoms with Gasteiger partial charge in [0.1, 0.15) is 18.2 Å². The molecule has 0 fully saturated rings. The molecule has 0 aliphatic heterocycles. The lowest BCUT2D eigenvalue weighted by Crippen LogP contribution is -2.04. The van der Waals surface area contributed by atoms with Crippen molar-refractivity contribution in [3.8, 4) is 5.69 Å². The topological polar surface area (TPSA) is 64.1 Å². The summed E-state index contributed by atoms with van der Waals surface area (Å²) < 4.78 is 15.5. The third-order valence-corrected chi connectivity index (χ3v) is 3.37. The molecule has 0 saturated heterocycles. The van der Waals surface area contributed by atoms with Crippen molar-refractivity contribution < 1.29 is 9.50 Å². The van der Waals surface area contributed by atoms with E-state index in [0.717, 1.165) is 5.52 Å². The second-order valence-corrected chi connectivity index (χ2v) is 4.65. The van der Waals surface area contributed by atoms with Gasteiger partial charge in [-0.3, -0.25) is 4.57 Å². The van der Waals surface area contributed by atoms with E-state index in [1.165, 1.54) is 6.07 Å². The van der Waals surface area contributed by atoms with Crippen LogP contribution in [0.1, 0.15) is 11.4 Å². The fourth-order valence-corrected chi connectivity index (χ4v) is 2.36. The number of anilines is 1.